The van der Waals surface area contributed by atoms with E-state index in [0.29, 0.717) is 17.9 Å². The summed E-state index contributed by atoms with van der Waals surface area (Å²) in [6.07, 6.45) is -4.71. The third kappa shape index (κ3) is 7.62. The number of pyridine rings is 1. The van der Waals surface area contributed by atoms with E-state index >= 15 is 0 Å². The lowest BCUT2D eigenvalue weighted by Crippen LogP contribution is -2.42. The largest absolute Gasteiger partial charge is 0.408 e. The first kappa shape index (κ1) is 30.7. The van der Waals surface area contributed by atoms with Gasteiger partial charge in [-0.05, 0) is 52.5 Å². The Balaban J connectivity index is 2.08. The summed E-state index contributed by atoms with van der Waals surface area (Å²) < 4.78 is 68.1. The zero-order chi connectivity index (χ0) is 29.1. The van der Waals surface area contributed by atoms with Crippen LogP contribution < -0.4 is 10.6 Å². The van der Waals surface area contributed by atoms with Crippen LogP contribution in [0.5, 0.6) is 0 Å². The van der Waals surface area contributed by atoms with Crippen LogP contribution in [0, 0.1) is 0 Å². The Hall–Kier alpha value is -2.87. The molecule has 1 fully saturated rings. The maximum Gasteiger partial charge on any atom is 0.408 e. The van der Waals surface area contributed by atoms with Gasteiger partial charge in [-0.3, -0.25) is 9.59 Å². The molecule has 2 amide bonds. The number of likely N-dealkylation sites (tertiary alicyclic amines) is 1. The van der Waals surface area contributed by atoms with Gasteiger partial charge in [0.05, 0.1) is 10.5 Å². The molecule has 14 heteroatoms. The first-order valence-corrected chi connectivity index (χ1v) is 13.4. The summed E-state index contributed by atoms with van der Waals surface area (Å²) in [7, 11) is 0. The van der Waals surface area contributed by atoms with Gasteiger partial charge in [-0.15, -0.1) is 11.3 Å². The van der Waals surface area contributed by atoms with Crippen LogP contribution in [0.25, 0.3) is 10.4 Å². The number of aromatic nitrogens is 2. The van der Waals surface area contributed by atoms with E-state index < -0.39 is 47.4 Å². The van der Waals surface area contributed by atoms with E-state index in [4.69, 9.17) is 0 Å². The van der Waals surface area contributed by atoms with E-state index in [1.54, 1.807) is 4.90 Å². The molecule has 0 bridgehead atoms. The molecule has 0 aromatic carbocycles. The lowest BCUT2D eigenvalue weighted by atomic mass is 10.0. The van der Waals surface area contributed by atoms with Crippen molar-refractivity contribution in [3.05, 3.63) is 28.5 Å². The number of anilines is 1. The monoisotopic (exact) mass is 577 g/mol. The Morgan fingerprint density at radius 3 is 2.51 bits per heavy atom. The highest BCUT2D eigenvalue weighted by Crippen LogP contribution is 2.39. The molecule has 1 saturated heterocycles. The molecule has 0 spiro atoms. The molecule has 3 heterocycles. The van der Waals surface area contributed by atoms with Crippen molar-refractivity contribution in [2.75, 3.05) is 18.4 Å². The minimum absolute atomic E-state index is 0.0385. The highest BCUT2D eigenvalue weighted by molar-refractivity contribution is 7.17. The number of carbonyl (C=O) groups is 2. The van der Waals surface area contributed by atoms with Crippen molar-refractivity contribution >= 4 is 29.0 Å². The molecule has 39 heavy (non-hydrogen) atoms. The highest BCUT2D eigenvalue weighted by Gasteiger charge is 2.39. The van der Waals surface area contributed by atoms with Crippen molar-refractivity contribution in [2.24, 2.45) is 0 Å². The number of alkyl halides is 5. The molecule has 1 aliphatic rings. The van der Waals surface area contributed by atoms with Crippen LogP contribution in [0.15, 0.2) is 12.3 Å². The molecule has 1 aliphatic heterocycles. The predicted octanol–water partition coefficient (Wildman–Crippen LogP) is 5.41. The number of aliphatic hydroxyl groups is 1. The number of nitrogens with zero attached hydrogens (tertiary/aromatic N) is 3. The fraction of sp³-hybridized carbons (Fsp3) is 0.600. The number of hydrogen-bond donors (Lipinski definition) is 3. The Labute approximate surface area is 227 Å². The summed E-state index contributed by atoms with van der Waals surface area (Å²) in [6.45, 7) is 6.41. The van der Waals surface area contributed by atoms with Crippen molar-refractivity contribution in [1.82, 2.24) is 20.2 Å². The number of halogens is 5. The van der Waals surface area contributed by atoms with E-state index in [-0.39, 0.29) is 40.1 Å². The fourth-order valence-corrected chi connectivity index (χ4v) is 5.17. The van der Waals surface area contributed by atoms with Crippen LogP contribution in [-0.4, -0.2) is 68.7 Å². The second kappa shape index (κ2) is 12.1. The molecule has 2 atom stereocenters. The Kier molecular flexibility index (Phi) is 9.52. The Morgan fingerprint density at radius 2 is 1.95 bits per heavy atom. The maximum atomic E-state index is 14.2. The first-order chi connectivity index (χ1) is 18.1. The molecule has 3 rings (SSSR count). The van der Waals surface area contributed by atoms with Crippen molar-refractivity contribution < 1.29 is 36.6 Å². The van der Waals surface area contributed by atoms with Crippen LogP contribution in [0.1, 0.15) is 85.7 Å². The lowest BCUT2D eigenvalue weighted by Gasteiger charge is -2.33. The Bertz CT molecular complexity index is 1180. The molecule has 0 radical (unpaired) electrons. The highest BCUT2D eigenvalue weighted by atomic mass is 32.1. The van der Waals surface area contributed by atoms with Crippen molar-refractivity contribution in [2.45, 2.75) is 83.7 Å². The summed E-state index contributed by atoms with van der Waals surface area (Å²) in [5.74, 6) is -1.65. The van der Waals surface area contributed by atoms with Gasteiger partial charge in [0.15, 0.2) is 5.01 Å². The summed E-state index contributed by atoms with van der Waals surface area (Å²) in [4.78, 5) is 36.0. The number of piperidine rings is 1. The average Bonchev–Trinajstić information content (AvgIpc) is 3.29. The van der Waals surface area contributed by atoms with Gasteiger partial charge in [-0.2, -0.15) is 13.2 Å². The van der Waals surface area contributed by atoms with E-state index in [0.717, 1.165) is 31.5 Å². The van der Waals surface area contributed by atoms with Gasteiger partial charge in [0.2, 0.25) is 0 Å². The second-order valence-electron chi connectivity index (χ2n) is 10.1. The minimum Gasteiger partial charge on any atom is -0.389 e. The molecule has 216 valence electrons. The molecular weight excluding hydrogens is 545 g/mol. The van der Waals surface area contributed by atoms with Crippen molar-refractivity contribution in [3.8, 4) is 10.4 Å². The van der Waals surface area contributed by atoms with Gasteiger partial charge in [0, 0.05) is 36.5 Å². The number of nitrogens with one attached hydrogen (secondary N) is 2. The van der Waals surface area contributed by atoms with Crippen molar-refractivity contribution in [3.63, 3.8) is 0 Å². The lowest BCUT2D eigenvalue weighted by molar-refractivity contribution is -0.142. The number of hydrogen-bond acceptors (Lipinski definition) is 7. The minimum atomic E-state index is -4.62. The zero-order valence-electron chi connectivity index (χ0n) is 22.0. The second-order valence-corrected chi connectivity index (χ2v) is 11.1. The molecular formula is C25H32F5N5O3S. The van der Waals surface area contributed by atoms with E-state index in [2.05, 4.69) is 20.6 Å². The van der Waals surface area contributed by atoms with Gasteiger partial charge in [-0.1, -0.05) is 6.92 Å². The molecule has 8 nitrogen and oxygen atoms in total. The van der Waals surface area contributed by atoms with Gasteiger partial charge < -0.3 is 20.6 Å². The maximum absolute atomic E-state index is 14.2. The van der Waals surface area contributed by atoms with E-state index in [9.17, 15) is 36.6 Å². The normalized spacial score (nSPS) is 17.3. The predicted molar refractivity (Wildman–Crippen MR) is 137 cm³/mol. The van der Waals surface area contributed by atoms with Crippen LogP contribution >= 0.6 is 11.3 Å². The van der Waals surface area contributed by atoms with Crippen LogP contribution in [0.3, 0.4) is 0 Å². The van der Waals surface area contributed by atoms with Gasteiger partial charge in [0.25, 0.3) is 18.2 Å². The average molecular weight is 578 g/mol. The summed E-state index contributed by atoms with van der Waals surface area (Å²) in [5.41, 5.74) is -2.31. The van der Waals surface area contributed by atoms with Crippen LogP contribution in [0.4, 0.5) is 27.8 Å². The third-order valence-electron chi connectivity index (χ3n) is 6.31. The first-order valence-electron chi connectivity index (χ1n) is 12.6. The Morgan fingerprint density at radius 1 is 1.26 bits per heavy atom. The summed E-state index contributed by atoms with van der Waals surface area (Å²) in [5, 5.41) is 14.4. The van der Waals surface area contributed by atoms with Gasteiger partial charge in [0.1, 0.15) is 17.6 Å². The van der Waals surface area contributed by atoms with Gasteiger partial charge in [-0.25, -0.2) is 18.7 Å². The number of thiazole rings is 1. The number of carbonyl (C=O) groups excluding carboxylic acids is 2. The van der Waals surface area contributed by atoms with Crippen molar-refractivity contribution in [1.29, 1.82) is 0 Å². The third-order valence-corrected chi connectivity index (χ3v) is 7.40. The van der Waals surface area contributed by atoms with Gasteiger partial charge >= 0.3 is 6.18 Å². The topological polar surface area (TPSA) is 107 Å². The summed E-state index contributed by atoms with van der Waals surface area (Å²) in [6, 6.07) is -1.31. The standard InChI is InChI=1S/C25H32F5N5O3S/c1-5-16(25(28,29)30)33-17-10-14(20(26)27)15(11-31-17)19-18(23(37)35-9-7-6-8-13(35)2)34-22(39-19)21(36)32-12-24(3,4)38/h10-11,13,16,20,38H,5-9,12H2,1-4H3,(H,31,33)(H,32,36)/t13-,16?/m0/s1. The molecule has 2 aromatic heterocycles. The molecule has 2 aromatic rings. The van der Waals surface area contributed by atoms with Crippen LogP contribution in [0.2, 0.25) is 0 Å². The molecule has 3 N–H and O–H groups in total. The molecule has 0 saturated carbocycles. The van der Waals surface area contributed by atoms with Crippen LogP contribution in [-0.2, 0) is 0 Å². The number of amides is 2. The molecule has 0 aliphatic carbocycles. The summed E-state index contributed by atoms with van der Waals surface area (Å²) >= 11 is 0.699. The molecule has 1 unspecified atom stereocenters. The van der Waals surface area contributed by atoms with E-state index in [1.165, 1.54) is 20.8 Å². The zero-order valence-corrected chi connectivity index (χ0v) is 22.8. The smallest absolute Gasteiger partial charge is 0.389 e. The fourth-order valence-electron chi connectivity index (χ4n) is 4.17. The SMILES string of the molecule is CCC(Nc1cc(C(F)F)c(-c2sc(C(=O)NCC(C)(C)O)nc2C(=O)N2CCCC[C@@H]2C)cn1)C(F)(F)F. The quantitative estimate of drug-likeness (QED) is 0.344. The number of rotatable bonds is 9. The van der Waals surface area contributed by atoms with E-state index in [1.807, 2.05) is 6.92 Å².